The molecule has 1 aliphatic heterocycles. The van der Waals surface area contributed by atoms with Gasteiger partial charge in [-0.2, -0.15) is 9.40 Å². The zero-order valence-electron chi connectivity index (χ0n) is 12.4. The Morgan fingerprint density at radius 2 is 2.10 bits per heavy atom. The molecule has 20 heavy (non-hydrogen) atoms. The maximum Gasteiger partial charge on any atom is 0.246 e. The molecule has 0 bridgehead atoms. The van der Waals surface area contributed by atoms with Crippen molar-refractivity contribution >= 4 is 10.0 Å². The van der Waals surface area contributed by atoms with Gasteiger partial charge in [-0.15, -0.1) is 0 Å². The Hall–Kier alpha value is -0.920. The third kappa shape index (κ3) is 3.21. The van der Waals surface area contributed by atoms with Crippen molar-refractivity contribution in [1.29, 1.82) is 0 Å². The van der Waals surface area contributed by atoms with Crippen molar-refractivity contribution in [2.45, 2.75) is 37.6 Å². The molecule has 1 aliphatic rings. The number of rotatable bonds is 5. The van der Waals surface area contributed by atoms with Crippen LogP contribution in [0, 0.1) is 5.92 Å². The highest BCUT2D eigenvalue weighted by Crippen LogP contribution is 2.25. The van der Waals surface area contributed by atoms with Gasteiger partial charge in [0, 0.05) is 32.4 Å². The minimum Gasteiger partial charge on any atom is -0.314 e. The number of aromatic nitrogens is 2. The third-order valence-corrected chi connectivity index (χ3v) is 5.90. The molecule has 1 aromatic rings. The topological polar surface area (TPSA) is 67.2 Å². The van der Waals surface area contributed by atoms with Gasteiger partial charge in [-0.05, 0) is 32.2 Å². The second kappa shape index (κ2) is 6.24. The number of nitrogens with one attached hydrogen (secondary N) is 1. The molecule has 2 heterocycles. The molecule has 114 valence electrons. The van der Waals surface area contributed by atoms with E-state index in [9.17, 15) is 8.42 Å². The van der Waals surface area contributed by atoms with Crippen LogP contribution in [0.4, 0.5) is 0 Å². The average Bonchev–Trinajstić information content (AvgIpc) is 2.86. The van der Waals surface area contributed by atoms with E-state index in [2.05, 4.69) is 24.3 Å². The van der Waals surface area contributed by atoms with Crippen LogP contribution < -0.4 is 5.32 Å². The van der Waals surface area contributed by atoms with Crippen molar-refractivity contribution in [2.75, 3.05) is 19.6 Å². The summed E-state index contributed by atoms with van der Waals surface area (Å²) in [6, 6.07) is 0.447. The average molecular weight is 300 g/mol. The van der Waals surface area contributed by atoms with E-state index in [1.807, 2.05) is 0 Å². The second-order valence-electron chi connectivity index (χ2n) is 5.44. The Morgan fingerprint density at radius 3 is 2.60 bits per heavy atom. The Balaban J connectivity index is 2.00. The lowest BCUT2D eigenvalue weighted by molar-refractivity contribution is 0.233. The molecule has 1 unspecified atom stereocenters. The lowest BCUT2D eigenvalue weighted by Gasteiger charge is -2.34. The molecule has 2 rings (SSSR count). The number of nitrogens with zero attached hydrogens (tertiary/aromatic N) is 3. The van der Waals surface area contributed by atoms with Gasteiger partial charge in [-0.1, -0.05) is 6.92 Å². The maximum absolute atomic E-state index is 12.5. The van der Waals surface area contributed by atoms with Gasteiger partial charge in [0.25, 0.3) is 0 Å². The standard InChI is InChI=1S/C13H24N4O2S/c1-4-14-11(2)12-5-7-17(8-6-12)20(18,19)13-9-15-16(3)10-13/h9-12,14H,4-8H2,1-3H3. The molecule has 0 saturated carbocycles. The summed E-state index contributed by atoms with van der Waals surface area (Å²) in [6.07, 6.45) is 4.80. The first-order valence-corrected chi connectivity index (χ1v) is 8.61. The molecule has 1 fully saturated rings. The van der Waals surface area contributed by atoms with Crippen molar-refractivity contribution in [1.82, 2.24) is 19.4 Å². The number of hydrogen-bond acceptors (Lipinski definition) is 4. The summed E-state index contributed by atoms with van der Waals surface area (Å²) in [5.41, 5.74) is 0. The molecule has 0 spiro atoms. The zero-order valence-corrected chi connectivity index (χ0v) is 13.2. The van der Waals surface area contributed by atoms with E-state index >= 15 is 0 Å². The van der Waals surface area contributed by atoms with Crippen LogP contribution in [0.1, 0.15) is 26.7 Å². The van der Waals surface area contributed by atoms with Crippen LogP contribution in [-0.4, -0.2) is 48.2 Å². The summed E-state index contributed by atoms with van der Waals surface area (Å²) in [5.74, 6) is 0.551. The summed E-state index contributed by atoms with van der Waals surface area (Å²) in [6.45, 7) is 6.42. The molecular weight excluding hydrogens is 276 g/mol. The molecule has 0 radical (unpaired) electrons. The van der Waals surface area contributed by atoms with Crippen LogP contribution in [0.5, 0.6) is 0 Å². The van der Waals surface area contributed by atoms with Crippen molar-refractivity contribution in [3.8, 4) is 0 Å². The fourth-order valence-electron chi connectivity index (χ4n) is 2.79. The van der Waals surface area contributed by atoms with Gasteiger partial charge in [0.1, 0.15) is 4.90 Å². The molecule has 0 aromatic carbocycles. The van der Waals surface area contributed by atoms with E-state index in [1.165, 1.54) is 10.9 Å². The first kappa shape index (κ1) is 15.5. The Morgan fingerprint density at radius 1 is 1.45 bits per heavy atom. The van der Waals surface area contributed by atoms with Gasteiger partial charge in [-0.3, -0.25) is 4.68 Å². The minimum atomic E-state index is -3.37. The molecule has 7 heteroatoms. The van der Waals surface area contributed by atoms with E-state index in [-0.39, 0.29) is 4.90 Å². The van der Waals surface area contributed by atoms with Crippen LogP contribution in [0.2, 0.25) is 0 Å². The quantitative estimate of drug-likeness (QED) is 0.874. The van der Waals surface area contributed by atoms with Crippen molar-refractivity contribution in [2.24, 2.45) is 13.0 Å². The van der Waals surface area contributed by atoms with Crippen molar-refractivity contribution < 1.29 is 8.42 Å². The Kier molecular flexibility index (Phi) is 4.82. The largest absolute Gasteiger partial charge is 0.314 e. The van der Waals surface area contributed by atoms with Gasteiger partial charge in [0.05, 0.1) is 6.20 Å². The van der Waals surface area contributed by atoms with Crippen molar-refractivity contribution in [3.05, 3.63) is 12.4 Å². The monoisotopic (exact) mass is 300 g/mol. The summed E-state index contributed by atoms with van der Waals surface area (Å²) >= 11 is 0. The van der Waals surface area contributed by atoms with Gasteiger partial charge < -0.3 is 5.32 Å². The molecule has 0 aliphatic carbocycles. The van der Waals surface area contributed by atoms with Gasteiger partial charge in [0.2, 0.25) is 10.0 Å². The van der Waals surface area contributed by atoms with Crippen LogP contribution >= 0.6 is 0 Å². The minimum absolute atomic E-state index is 0.290. The SMILES string of the molecule is CCNC(C)C1CCN(S(=O)(=O)c2cnn(C)c2)CC1. The van der Waals surface area contributed by atoms with E-state index in [1.54, 1.807) is 17.5 Å². The summed E-state index contributed by atoms with van der Waals surface area (Å²) in [7, 11) is -1.65. The fraction of sp³-hybridized carbons (Fsp3) is 0.769. The molecular formula is C13H24N4O2S. The summed E-state index contributed by atoms with van der Waals surface area (Å²) in [4.78, 5) is 0.290. The van der Waals surface area contributed by atoms with E-state index < -0.39 is 10.0 Å². The molecule has 1 N–H and O–H groups in total. The van der Waals surface area contributed by atoms with Gasteiger partial charge >= 0.3 is 0 Å². The highest BCUT2D eigenvalue weighted by atomic mass is 32.2. The maximum atomic E-state index is 12.5. The van der Waals surface area contributed by atoms with E-state index in [0.717, 1.165) is 19.4 Å². The first-order valence-electron chi connectivity index (χ1n) is 7.17. The summed E-state index contributed by atoms with van der Waals surface area (Å²) < 4.78 is 28.0. The second-order valence-corrected chi connectivity index (χ2v) is 7.38. The predicted octanol–water partition coefficient (Wildman–Crippen LogP) is 0.819. The Bertz CT molecular complexity index is 532. The highest BCUT2D eigenvalue weighted by Gasteiger charge is 2.31. The smallest absolute Gasteiger partial charge is 0.246 e. The lowest BCUT2D eigenvalue weighted by atomic mass is 9.91. The highest BCUT2D eigenvalue weighted by molar-refractivity contribution is 7.89. The number of aryl methyl sites for hydroxylation is 1. The van der Waals surface area contributed by atoms with Gasteiger partial charge in [-0.25, -0.2) is 8.42 Å². The lowest BCUT2D eigenvalue weighted by Crippen LogP contribution is -2.43. The number of hydrogen-bond donors (Lipinski definition) is 1. The van der Waals surface area contributed by atoms with Gasteiger partial charge in [0.15, 0.2) is 0 Å². The fourth-order valence-corrected chi connectivity index (χ4v) is 4.24. The normalized spacial score (nSPS) is 20.1. The van der Waals surface area contributed by atoms with Crippen LogP contribution in [-0.2, 0) is 17.1 Å². The molecule has 1 aromatic heterocycles. The summed E-state index contributed by atoms with van der Waals surface area (Å²) in [5, 5.41) is 7.37. The molecule has 6 nitrogen and oxygen atoms in total. The first-order chi connectivity index (χ1) is 9.45. The van der Waals surface area contributed by atoms with Crippen LogP contribution in [0.25, 0.3) is 0 Å². The molecule has 1 atom stereocenters. The zero-order chi connectivity index (χ0) is 14.8. The molecule has 1 saturated heterocycles. The van der Waals surface area contributed by atoms with E-state index in [4.69, 9.17) is 0 Å². The van der Waals surface area contributed by atoms with E-state index in [0.29, 0.717) is 25.0 Å². The predicted molar refractivity (Wildman–Crippen MR) is 77.8 cm³/mol. The third-order valence-electron chi connectivity index (χ3n) is 4.05. The van der Waals surface area contributed by atoms with Crippen LogP contribution in [0.15, 0.2) is 17.3 Å². The number of piperidine rings is 1. The Labute approximate surface area is 121 Å². The number of sulfonamides is 1. The van der Waals surface area contributed by atoms with Crippen LogP contribution in [0.3, 0.4) is 0 Å². The van der Waals surface area contributed by atoms with Crippen molar-refractivity contribution in [3.63, 3.8) is 0 Å². The molecule has 0 amide bonds.